The molecular weight excluding hydrogens is 236 g/mol. The maximum atomic E-state index is 12.1. The zero-order chi connectivity index (χ0) is 12.3. The summed E-state index contributed by atoms with van der Waals surface area (Å²) in [5.41, 5.74) is 1.35. The molecule has 0 fully saturated rings. The minimum Gasteiger partial charge on any atom is -0.310 e. The van der Waals surface area contributed by atoms with Crippen molar-refractivity contribution in [1.82, 2.24) is 4.98 Å². The van der Waals surface area contributed by atoms with Gasteiger partial charge in [0, 0.05) is 23.8 Å². The number of carbonyl (C=O) groups is 1. The van der Waals surface area contributed by atoms with Crippen LogP contribution in [0.15, 0.2) is 48.8 Å². The van der Waals surface area contributed by atoms with Crippen molar-refractivity contribution in [2.45, 2.75) is 0 Å². The zero-order valence-corrected chi connectivity index (χ0v) is 10.1. The fourth-order valence-electron chi connectivity index (χ4n) is 1.46. The van der Waals surface area contributed by atoms with Gasteiger partial charge < -0.3 is 4.90 Å². The molecule has 0 aliphatic heterocycles. The fraction of sp³-hybridized carbons (Fsp3) is 0.0769. The van der Waals surface area contributed by atoms with Crippen molar-refractivity contribution in [3.05, 3.63) is 59.4 Å². The first-order chi connectivity index (χ1) is 8.18. The number of halogens is 1. The summed E-state index contributed by atoms with van der Waals surface area (Å²) in [4.78, 5) is 17.6. The number of carbonyl (C=O) groups excluding carboxylic acids is 1. The van der Waals surface area contributed by atoms with Gasteiger partial charge in [0.2, 0.25) is 0 Å². The van der Waals surface area contributed by atoms with Crippen molar-refractivity contribution in [3.63, 3.8) is 0 Å². The Balaban J connectivity index is 2.23. The Morgan fingerprint density at radius 2 is 1.94 bits per heavy atom. The van der Waals surface area contributed by atoms with Gasteiger partial charge >= 0.3 is 0 Å². The number of hydrogen-bond donors (Lipinski definition) is 0. The fourth-order valence-corrected chi connectivity index (χ4v) is 1.58. The molecule has 0 aliphatic rings. The molecular formula is C13H11ClN2O. The van der Waals surface area contributed by atoms with Crippen LogP contribution < -0.4 is 4.90 Å². The smallest absolute Gasteiger partial charge is 0.258 e. The molecule has 0 saturated carbocycles. The Kier molecular flexibility index (Phi) is 3.40. The lowest BCUT2D eigenvalue weighted by Gasteiger charge is -2.16. The molecule has 0 spiro atoms. The first-order valence-corrected chi connectivity index (χ1v) is 5.50. The van der Waals surface area contributed by atoms with Gasteiger partial charge in [-0.05, 0) is 36.4 Å². The standard InChI is InChI=1S/C13H11ClN2O/c1-16(12-3-2-8-15-9-12)13(17)10-4-6-11(14)7-5-10/h2-9H,1H3. The molecule has 4 heteroatoms. The molecule has 2 aromatic rings. The zero-order valence-electron chi connectivity index (χ0n) is 9.30. The monoisotopic (exact) mass is 246 g/mol. The van der Waals surface area contributed by atoms with E-state index in [1.165, 1.54) is 0 Å². The number of benzene rings is 1. The largest absolute Gasteiger partial charge is 0.310 e. The van der Waals surface area contributed by atoms with Gasteiger partial charge in [0.05, 0.1) is 11.9 Å². The second kappa shape index (κ2) is 4.97. The van der Waals surface area contributed by atoms with E-state index in [1.807, 2.05) is 6.07 Å². The van der Waals surface area contributed by atoms with Crippen LogP contribution in [0.2, 0.25) is 5.02 Å². The second-order valence-corrected chi connectivity index (χ2v) is 4.02. The highest BCUT2D eigenvalue weighted by Crippen LogP contribution is 2.15. The Hall–Kier alpha value is -1.87. The maximum Gasteiger partial charge on any atom is 0.258 e. The molecule has 0 N–H and O–H groups in total. The summed E-state index contributed by atoms with van der Waals surface area (Å²) < 4.78 is 0. The average Bonchev–Trinajstić information content (AvgIpc) is 2.39. The molecule has 1 heterocycles. The summed E-state index contributed by atoms with van der Waals surface area (Å²) in [5.74, 6) is -0.0883. The third-order valence-corrected chi connectivity index (χ3v) is 2.68. The minimum atomic E-state index is -0.0883. The summed E-state index contributed by atoms with van der Waals surface area (Å²) in [5, 5.41) is 0.616. The van der Waals surface area contributed by atoms with Crippen LogP contribution in [0.5, 0.6) is 0 Å². The van der Waals surface area contributed by atoms with Gasteiger partial charge in [-0.25, -0.2) is 0 Å². The maximum absolute atomic E-state index is 12.1. The van der Waals surface area contributed by atoms with Crippen LogP contribution in [0.4, 0.5) is 5.69 Å². The quantitative estimate of drug-likeness (QED) is 0.816. The van der Waals surface area contributed by atoms with E-state index in [-0.39, 0.29) is 5.91 Å². The summed E-state index contributed by atoms with van der Waals surface area (Å²) in [6, 6.07) is 10.4. The molecule has 2 rings (SSSR count). The predicted molar refractivity (Wildman–Crippen MR) is 68.4 cm³/mol. The van der Waals surface area contributed by atoms with Crippen LogP contribution in [0, 0.1) is 0 Å². The average molecular weight is 247 g/mol. The minimum absolute atomic E-state index is 0.0883. The van der Waals surface area contributed by atoms with E-state index in [1.54, 1.807) is 54.7 Å². The second-order valence-electron chi connectivity index (χ2n) is 3.58. The molecule has 1 aromatic heterocycles. The SMILES string of the molecule is CN(C(=O)c1ccc(Cl)cc1)c1cccnc1. The molecule has 0 unspecified atom stereocenters. The topological polar surface area (TPSA) is 33.2 Å². The molecule has 0 saturated heterocycles. The van der Waals surface area contributed by atoms with Crippen LogP contribution in [-0.4, -0.2) is 17.9 Å². The number of anilines is 1. The van der Waals surface area contributed by atoms with Gasteiger partial charge in [-0.1, -0.05) is 11.6 Å². The van der Waals surface area contributed by atoms with Gasteiger partial charge in [-0.2, -0.15) is 0 Å². The van der Waals surface area contributed by atoms with Crippen LogP contribution in [0.1, 0.15) is 10.4 Å². The number of pyridine rings is 1. The Labute approximate surface area is 105 Å². The number of rotatable bonds is 2. The van der Waals surface area contributed by atoms with Crippen molar-refractivity contribution in [3.8, 4) is 0 Å². The number of nitrogens with zero attached hydrogens (tertiary/aromatic N) is 2. The predicted octanol–water partition coefficient (Wildman–Crippen LogP) is 3.01. The van der Waals surface area contributed by atoms with Crippen molar-refractivity contribution in [2.24, 2.45) is 0 Å². The molecule has 0 radical (unpaired) electrons. The molecule has 0 aliphatic carbocycles. The van der Waals surface area contributed by atoms with Crippen LogP contribution in [-0.2, 0) is 0 Å². The van der Waals surface area contributed by atoms with Gasteiger partial charge in [-0.15, -0.1) is 0 Å². The number of amides is 1. The van der Waals surface area contributed by atoms with E-state index in [4.69, 9.17) is 11.6 Å². The lowest BCUT2D eigenvalue weighted by atomic mass is 10.2. The molecule has 1 aromatic carbocycles. The summed E-state index contributed by atoms with van der Waals surface area (Å²) in [7, 11) is 1.72. The summed E-state index contributed by atoms with van der Waals surface area (Å²) >= 11 is 5.78. The van der Waals surface area contributed by atoms with Gasteiger partial charge in [0.15, 0.2) is 0 Å². The van der Waals surface area contributed by atoms with Crippen molar-refractivity contribution < 1.29 is 4.79 Å². The Bertz CT molecular complexity index is 511. The van der Waals surface area contributed by atoms with E-state index in [0.29, 0.717) is 10.6 Å². The molecule has 1 amide bonds. The third kappa shape index (κ3) is 2.63. The van der Waals surface area contributed by atoms with E-state index >= 15 is 0 Å². The number of aromatic nitrogens is 1. The molecule has 3 nitrogen and oxygen atoms in total. The van der Waals surface area contributed by atoms with E-state index in [2.05, 4.69) is 4.98 Å². The van der Waals surface area contributed by atoms with Crippen molar-refractivity contribution in [1.29, 1.82) is 0 Å². The molecule has 0 bridgehead atoms. The van der Waals surface area contributed by atoms with E-state index in [9.17, 15) is 4.79 Å². The summed E-state index contributed by atoms with van der Waals surface area (Å²) in [6.45, 7) is 0. The lowest BCUT2D eigenvalue weighted by Crippen LogP contribution is -2.26. The highest BCUT2D eigenvalue weighted by Gasteiger charge is 2.12. The first-order valence-electron chi connectivity index (χ1n) is 5.12. The van der Waals surface area contributed by atoms with Crippen LogP contribution in [0.25, 0.3) is 0 Å². The van der Waals surface area contributed by atoms with Crippen LogP contribution >= 0.6 is 11.6 Å². The van der Waals surface area contributed by atoms with Gasteiger partial charge in [0.25, 0.3) is 5.91 Å². The van der Waals surface area contributed by atoms with E-state index in [0.717, 1.165) is 5.69 Å². The Morgan fingerprint density at radius 1 is 1.24 bits per heavy atom. The van der Waals surface area contributed by atoms with Crippen molar-refractivity contribution >= 4 is 23.2 Å². The van der Waals surface area contributed by atoms with Crippen LogP contribution in [0.3, 0.4) is 0 Å². The normalized spacial score (nSPS) is 10.0. The van der Waals surface area contributed by atoms with Gasteiger partial charge in [-0.3, -0.25) is 9.78 Å². The van der Waals surface area contributed by atoms with E-state index < -0.39 is 0 Å². The lowest BCUT2D eigenvalue weighted by molar-refractivity contribution is 0.0993. The highest BCUT2D eigenvalue weighted by molar-refractivity contribution is 6.30. The molecule has 17 heavy (non-hydrogen) atoms. The van der Waals surface area contributed by atoms with Crippen molar-refractivity contribution in [2.75, 3.05) is 11.9 Å². The molecule has 86 valence electrons. The summed E-state index contributed by atoms with van der Waals surface area (Å²) in [6.07, 6.45) is 3.32. The molecule has 0 atom stereocenters. The first kappa shape index (κ1) is 11.6. The third-order valence-electron chi connectivity index (χ3n) is 2.43. The highest BCUT2D eigenvalue weighted by atomic mass is 35.5. The van der Waals surface area contributed by atoms with Gasteiger partial charge in [0.1, 0.15) is 0 Å². The number of hydrogen-bond acceptors (Lipinski definition) is 2. The Morgan fingerprint density at radius 3 is 2.53 bits per heavy atom.